The van der Waals surface area contributed by atoms with Crippen LogP contribution in [0, 0.1) is 0 Å². The fraction of sp³-hybridized carbons (Fsp3) is 0.700. The van der Waals surface area contributed by atoms with Crippen molar-refractivity contribution >= 4 is 29.5 Å². The summed E-state index contributed by atoms with van der Waals surface area (Å²) in [6.07, 6.45) is 1.24. The zero-order valence-electron chi connectivity index (χ0n) is 8.62. The summed E-state index contributed by atoms with van der Waals surface area (Å²) in [5.74, 6) is 2.07. The van der Waals surface area contributed by atoms with Crippen molar-refractivity contribution in [3.63, 3.8) is 0 Å². The van der Waals surface area contributed by atoms with Crippen LogP contribution < -0.4 is 0 Å². The zero-order chi connectivity index (χ0) is 10.6. The van der Waals surface area contributed by atoms with Crippen molar-refractivity contribution in [2.24, 2.45) is 0 Å². The maximum atomic E-state index is 11.3. The summed E-state index contributed by atoms with van der Waals surface area (Å²) in [6.45, 7) is 7.20. The molecule has 14 heavy (non-hydrogen) atoms. The average molecular weight is 232 g/mol. The van der Waals surface area contributed by atoms with Gasteiger partial charge in [0.2, 0.25) is 0 Å². The maximum Gasteiger partial charge on any atom is 0.333 e. The highest BCUT2D eigenvalue weighted by Gasteiger charge is 2.24. The Labute approximate surface area is 93.8 Å². The molecule has 0 N–H and O–H groups in total. The number of hydrogen-bond donors (Lipinski definition) is 0. The van der Waals surface area contributed by atoms with E-state index in [1.165, 1.54) is 17.9 Å². The lowest BCUT2D eigenvalue weighted by Crippen LogP contribution is -2.26. The van der Waals surface area contributed by atoms with Gasteiger partial charge >= 0.3 is 5.97 Å². The number of thioether (sulfide) groups is 2. The highest BCUT2D eigenvalue weighted by atomic mass is 32.2. The third-order valence-corrected chi connectivity index (χ3v) is 5.17. The maximum absolute atomic E-state index is 11.3. The summed E-state index contributed by atoms with van der Waals surface area (Å²) in [7, 11) is 0. The molecular formula is C10H16O2S2. The summed E-state index contributed by atoms with van der Waals surface area (Å²) >= 11 is 3.76. The van der Waals surface area contributed by atoms with Crippen LogP contribution in [0.15, 0.2) is 12.2 Å². The first-order valence-corrected chi connectivity index (χ1v) is 6.80. The monoisotopic (exact) mass is 232 g/mol. The lowest BCUT2D eigenvalue weighted by Gasteiger charge is -2.26. The highest BCUT2D eigenvalue weighted by molar-refractivity contribution is 8.17. The Balaban J connectivity index is 2.36. The first kappa shape index (κ1) is 12.0. The van der Waals surface area contributed by atoms with Crippen LogP contribution in [0.4, 0.5) is 0 Å². The van der Waals surface area contributed by atoms with Crippen LogP contribution >= 0.6 is 23.5 Å². The Kier molecular flexibility index (Phi) is 4.89. The third kappa shape index (κ3) is 3.58. The molecule has 1 atom stereocenters. The van der Waals surface area contributed by atoms with Crippen LogP contribution in [0.2, 0.25) is 0 Å². The van der Waals surface area contributed by atoms with Crippen molar-refractivity contribution in [2.75, 3.05) is 11.5 Å². The van der Waals surface area contributed by atoms with Crippen LogP contribution in [-0.2, 0) is 9.53 Å². The summed E-state index contributed by atoms with van der Waals surface area (Å²) in [5, 5.41) is 0. The van der Waals surface area contributed by atoms with Crippen molar-refractivity contribution in [3.8, 4) is 0 Å². The van der Waals surface area contributed by atoms with E-state index in [4.69, 9.17) is 4.74 Å². The van der Waals surface area contributed by atoms with Gasteiger partial charge < -0.3 is 4.74 Å². The summed E-state index contributed by atoms with van der Waals surface area (Å²) < 4.78 is 5.67. The molecule has 1 unspecified atom stereocenters. The normalized spacial score (nSPS) is 20.1. The first-order valence-electron chi connectivity index (χ1n) is 4.71. The van der Waals surface area contributed by atoms with E-state index in [0.29, 0.717) is 10.2 Å². The lowest BCUT2D eigenvalue weighted by molar-refractivity contribution is -0.142. The van der Waals surface area contributed by atoms with E-state index in [9.17, 15) is 4.79 Å². The van der Waals surface area contributed by atoms with Crippen molar-refractivity contribution in [1.29, 1.82) is 0 Å². The molecule has 1 aliphatic heterocycles. The van der Waals surface area contributed by atoms with E-state index < -0.39 is 0 Å². The van der Waals surface area contributed by atoms with Gasteiger partial charge in [0, 0.05) is 5.57 Å². The van der Waals surface area contributed by atoms with Crippen LogP contribution in [0.1, 0.15) is 20.3 Å². The van der Waals surface area contributed by atoms with Gasteiger partial charge in [-0.3, -0.25) is 0 Å². The van der Waals surface area contributed by atoms with Gasteiger partial charge in [-0.2, -0.15) is 0 Å². The lowest BCUT2D eigenvalue weighted by atomic mass is 10.3. The average Bonchev–Trinajstić information content (AvgIpc) is 2.19. The van der Waals surface area contributed by atoms with E-state index >= 15 is 0 Å². The molecule has 0 amide bonds. The number of ether oxygens (including phenoxy) is 1. The van der Waals surface area contributed by atoms with Crippen LogP contribution in [0.3, 0.4) is 0 Å². The van der Waals surface area contributed by atoms with Crippen molar-refractivity contribution in [1.82, 2.24) is 0 Å². The summed E-state index contributed by atoms with van der Waals surface area (Å²) in [6, 6.07) is 0. The van der Waals surface area contributed by atoms with Crippen molar-refractivity contribution in [3.05, 3.63) is 12.2 Å². The fourth-order valence-electron chi connectivity index (χ4n) is 1.10. The molecule has 0 bridgehead atoms. The van der Waals surface area contributed by atoms with E-state index in [0.717, 1.165) is 0 Å². The molecule has 0 aromatic heterocycles. The molecule has 0 radical (unpaired) electrons. The molecule has 0 aliphatic carbocycles. The quantitative estimate of drug-likeness (QED) is 0.552. The smallest absolute Gasteiger partial charge is 0.333 e. The molecule has 1 fully saturated rings. The number of carbonyl (C=O) groups excluding carboxylic acids is 1. The minimum atomic E-state index is -0.274. The molecule has 0 aromatic rings. The van der Waals surface area contributed by atoms with Crippen molar-refractivity contribution < 1.29 is 9.53 Å². The molecular weight excluding hydrogens is 216 g/mol. The summed E-state index contributed by atoms with van der Waals surface area (Å²) in [5.41, 5.74) is 0.475. The standard InChI is InChI=1S/C10H16O2S2/c1-7(2)9(11)12-8(3)10-13-5-4-6-14-10/h8,10H,1,4-6H2,2-3H3. The largest absolute Gasteiger partial charge is 0.457 e. The molecule has 1 heterocycles. The third-order valence-electron chi connectivity index (χ3n) is 1.88. The number of rotatable bonds is 3. The molecule has 0 aromatic carbocycles. The Morgan fingerprint density at radius 1 is 1.50 bits per heavy atom. The van der Waals surface area contributed by atoms with Crippen LogP contribution in [0.25, 0.3) is 0 Å². The topological polar surface area (TPSA) is 26.3 Å². The molecule has 1 rings (SSSR count). The Hall–Kier alpha value is -0.0900. The Morgan fingerprint density at radius 3 is 2.57 bits per heavy atom. The van der Waals surface area contributed by atoms with E-state index in [1.54, 1.807) is 6.92 Å². The predicted molar refractivity (Wildman–Crippen MR) is 63.7 cm³/mol. The summed E-state index contributed by atoms with van der Waals surface area (Å²) in [4.78, 5) is 11.3. The van der Waals surface area contributed by atoms with Gasteiger partial charge in [0.15, 0.2) is 0 Å². The highest BCUT2D eigenvalue weighted by Crippen LogP contribution is 2.34. The van der Waals surface area contributed by atoms with Gasteiger partial charge in [-0.25, -0.2) is 4.79 Å². The molecule has 0 saturated carbocycles. The van der Waals surface area contributed by atoms with Gasteiger partial charge in [0.1, 0.15) is 6.10 Å². The van der Waals surface area contributed by atoms with Crippen LogP contribution in [0.5, 0.6) is 0 Å². The number of esters is 1. The molecule has 4 heteroatoms. The predicted octanol–water partition coefficient (Wildman–Crippen LogP) is 2.69. The fourth-order valence-corrected chi connectivity index (χ4v) is 3.99. The SMILES string of the molecule is C=C(C)C(=O)OC(C)C1SCCCS1. The van der Waals surface area contributed by atoms with Gasteiger partial charge in [0.25, 0.3) is 0 Å². The van der Waals surface area contributed by atoms with E-state index in [2.05, 4.69) is 6.58 Å². The number of hydrogen-bond acceptors (Lipinski definition) is 4. The second-order valence-electron chi connectivity index (χ2n) is 3.35. The van der Waals surface area contributed by atoms with Gasteiger partial charge in [-0.05, 0) is 31.8 Å². The van der Waals surface area contributed by atoms with Gasteiger partial charge in [-0.15, -0.1) is 23.5 Å². The molecule has 0 spiro atoms. The molecule has 1 aliphatic rings. The Morgan fingerprint density at radius 2 is 2.07 bits per heavy atom. The molecule has 2 nitrogen and oxygen atoms in total. The second kappa shape index (κ2) is 5.71. The zero-order valence-corrected chi connectivity index (χ0v) is 10.2. The minimum absolute atomic E-state index is 0.0190. The van der Waals surface area contributed by atoms with Gasteiger partial charge in [-0.1, -0.05) is 6.58 Å². The van der Waals surface area contributed by atoms with Gasteiger partial charge in [0.05, 0.1) is 4.58 Å². The molecule has 80 valence electrons. The second-order valence-corrected chi connectivity index (χ2v) is 6.15. The first-order chi connectivity index (χ1) is 6.61. The minimum Gasteiger partial charge on any atom is -0.457 e. The van der Waals surface area contributed by atoms with Crippen molar-refractivity contribution in [2.45, 2.75) is 31.0 Å². The van der Waals surface area contributed by atoms with Crippen LogP contribution in [-0.4, -0.2) is 28.2 Å². The number of carbonyl (C=O) groups is 1. The van der Waals surface area contributed by atoms with E-state index in [-0.39, 0.29) is 12.1 Å². The Bertz CT molecular complexity index is 222. The van der Waals surface area contributed by atoms with E-state index in [1.807, 2.05) is 30.4 Å². The molecule has 1 saturated heterocycles.